The molecular weight excluding hydrogens is 468 g/mol. The van der Waals surface area contributed by atoms with Gasteiger partial charge in [0.1, 0.15) is 5.25 Å². The molecular formula is C29H28N4O2S. The minimum Gasteiger partial charge on any atom is -0.326 e. The summed E-state index contributed by atoms with van der Waals surface area (Å²) in [7, 11) is 0. The molecule has 0 bridgehead atoms. The summed E-state index contributed by atoms with van der Waals surface area (Å²) in [4.78, 5) is 29.9. The first kappa shape index (κ1) is 24.0. The lowest BCUT2D eigenvalue weighted by Gasteiger charge is -2.23. The molecule has 2 atom stereocenters. The number of benzene rings is 3. The summed E-state index contributed by atoms with van der Waals surface area (Å²) >= 11 is 1.32. The SMILES string of the molecule is Cc1ccc(C2=NN(C3=NC(=O)C(CC(=O)Nc4cc(C)cc(C)c4)S3)C(c3ccccc3)C2)cc1. The molecule has 36 heavy (non-hydrogen) atoms. The minimum absolute atomic E-state index is 0.0574. The van der Waals surface area contributed by atoms with E-state index in [1.54, 1.807) is 0 Å². The highest BCUT2D eigenvalue weighted by Crippen LogP contribution is 2.38. The highest BCUT2D eigenvalue weighted by atomic mass is 32.2. The van der Waals surface area contributed by atoms with Gasteiger partial charge in [-0.05, 0) is 55.2 Å². The molecule has 2 aliphatic heterocycles. The van der Waals surface area contributed by atoms with E-state index in [2.05, 4.69) is 59.7 Å². The highest BCUT2D eigenvalue weighted by molar-refractivity contribution is 8.15. The molecule has 2 amide bonds. The largest absolute Gasteiger partial charge is 0.326 e. The summed E-state index contributed by atoms with van der Waals surface area (Å²) in [6.07, 6.45) is 0.764. The third-order valence-corrected chi connectivity index (χ3v) is 7.42. The van der Waals surface area contributed by atoms with E-state index in [4.69, 9.17) is 5.10 Å². The summed E-state index contributed by atoms with van der Waals surface area (Å²) < 4.78 is 0. The second-order valence-corrected chi connectivity index (χ2v) is 10.5. The fourth-order valence-electron chi connectivity index (χ4n) is 4.57. The van der Waals surface area contributed by atoms with Gasteiger partial charge in [-0.2, -0.15) is 10.1 Å². The molecule has 0 aromatic heterocycles. The van der Waals surface area contributed by atoms with Crippen molar-refractivity contribution < 1.29 is 9.59 Å². The van der Waals surface area contributed by atoms with Crippen molar-refractivity contribution in [1.82, 2.24) is 5.01 Å². The van der Waals surface area contributed by atoms with Crippen LogP contribution in [0.5, 0.6) is 0 Å². The second-order valence-electron chi connectivity index (χ2n) is 9.36. The van der Waals surface area contributed by atoms with Crippen molar-refractivity contribution in [3.05, 3.63) is 101 Å². The molecule has 2 unspecified atom stereocenters. The number of hydrazone groups is 1. The van der Waals surface area contributed by atoms with Crippen molar-refractivity contribution in [3.8, 4) is 0 Å². The number of aliphatic imine (C=N–C) groups is 1. The number of amides is 2. The molecule has 0 aliphatic carbocycles. The van der Waals surface area contributed by atoms with E-state index in [1.165, 1.54) is 17.3 Å². The van der Waals surface area contributed by atoms with E-state index in [-0.39, 0.29) is 24.3 Å². The van der Waals surface area contributed by atoms with E-state index in [1.807, 2.05) is 49.2 Å². The molecule has 2 heterocycles. The topological polar surface area (TPSA) is 74.1 Å². The van der Waals surface area contributed by atoms with E-state index >= 15 is 0 Å². The van der Waals surface area contributed by atoms with Crippen molar-refractivity contribution in [2.75, 3.05) is 5.32 Å². The maximum atomic E-state index is 12.8. The number of hydrogen-bond acceptors (Lipinski definition) is 5. The van der Waals surface area contributed by atoms with Gasteiger partial charge in [-0.3, -0.25) is 9.59 Å². The van der Waals surface area contributed by atoms with E-state index in [0.717, 1.165) is 33.7 Å². The molecule has 0 saturated heterocycles. The van der Waals surface area contributed by atoms with Crippen LogP contribution in [0.2, 0.25) is 0 Å². The van der Waals surface area contributed by atoms with E-state index in [0.29, 0.717) is 11.6 Å². The number of nitrogens with zero attached hydrogens (tertiary/aromatic N) is 3. The average molecular weight is 497 g/mol. The summed E-state index contributed by atoms with van der Waals surface area (Å²) in [5, 5.41) is 9.66. The molecule has 7 heteroatoms. The van der Waals surface area contributed by atoms with Gasteiger partial charge < -0.3 is 5.32 Å². The van der Waals surface area contributed by atoms with Crippen molar-refractivity contribution in [3.63, 3.8) is 0 Å². The Morgan fingerprint density at radius 2 is 1.67 bits per heavy atom. The van der Waals surface area contributed by atoms with Gasteiger partial charge in [0.25, 0.3) is 5.91 Å². The molecule has 182 valence electrons. The van der Waals surface area contributed by atoms with Crippen LogP contribution in [0.15, 0.2) is 82.9 Å². The van der Waals surface area contributed by atoms with Crippen LogP contribution in [-0.2, 0) is 9.59 Å². The summed E-state index contributed by atoms with van der Waals surface area (Å²) in [5.74, 6) is -0.497. The van der Waals surface area contributed by atoms with Crippen molar-refractivity contribution in [1.29, 1.82) is 0 Å². The Labute approximate surface area is 215 Å². The van der Waals surface area contributed by atoms with Crippen molar-refractivity contribution in [2.45, 2.75) is 44.9 Å². The lowest BCUT2D eigenvalue weighted by atomic mass is 9.98. The van der Waals surface area contributed by atoms with Gasteiger partial charge in [-0.1, -0.05) is 78.0 Å². The van der Waals surface area contributed by atoms with Crippen LogP contribution in [0.1, 0.15) is 46.7 Å². The Kier molecular flexibility index (Phi) is 6.74. The molecule has 1 N–H and O–H groups in total. The van der Waals surface area contributed by atoms with Gasteiger partial charge in [0.2, 0.25) is 5.91 Å². The quantitative estimate of drug-likeness (QED) is 0.485. The average Bonchev–Trinajstić information content (AvgIpc) is 3.43. The highest BCUT2D eigenvalue weighted by Gasteiger charge is 2.39. The Morgan fingerprint density at radius 3 is 2.36 bits per heavy atom. The van der Waals surface area contributed by atoms with Gasteiger partial charge in [0, 0.05) is 18.5 Å². The molecule has 2 aliphatic rings. The van der Waals surface area contributed by atoms with Crippen LogP contribution in [-0.4, -0.2) is 33.0 Å². The zero-order valence-electron chi connectivity index (χ0n) is 20.6. The second kappa shape index (κ2) is 10.1. The molecule has 3 aromatic carbocycles. The number of aryl methyl sites for hydroxylation is 3. The van der Waals surface area contributed by atoms with Crippen molar-refractivity contribution in [2.24, 2.45) is 10.1 Å². The molecule has 5 rings (SSSR count). The Hall–Kier alpha value is -3.71. The Balaban J connectivity index is 1.34. The van der Waals surface area contributed by atoms with Crippen LogP contribution >= 0.6 is 11.8 Å². The predicted molar refractivity (Wildman–Crippen MR) is 146 cm³/mol. The summed E-state index contributed by atoms with van der Waals surface area (Å²) in [6.45, 7) is 6.04. The maximum Gasteiger partial charge on any atom is 0.262 e. The van der Waals surface area contributed by atoms with E-state index < -0.39 is 5.25 Å². The molecule has 0 spiro atoms. The lowest BCUT2D eigenvalue weighted by molar-refractivity contribution is -0.121. The summed E-state index contributed by atoms with van der Waals surface area (Å²) in [5.41, 5.74) is 7.20. The lowest BCUT2D eigenvalue weighted by Crippen LogP contribution is -2.25. The maximum absolute atomic E-state index is 12.8. The van der Waals surface area contributed by atoms with Gasteiger partial charge in [-0.25, -0.2) is 5.01 Å². The minimum atomic E-state index is -0.569. The van der Waals surface area contributed by atoms with Crippen LogP contribution in [0.3, 0.4) is 0 Å². The number of carbonyl (C=O) groups excluding carboxylic acids is 2. The molecule has 0 fully saturated rings. The van der Waals surface area contributed by atoms with Crippen LogP contribution in [0, 0.1) is 20.8 Å². The standard InChI is InChI=1S/C29H28N4O2S/c1-18-9-11-21(12-10-18)24-16-25(22-7-5-4-6-8-22)33(32-24)29-31-28(35)26(36-29)17-27(34)30-23-14-19(2)13-20(3)15-23/h4-15,25-26H,16-17H2,1-3H3,(H,30,34). The molecule has 6 nitrogen and oxygen atoms in total. The predicted octanol–water partition coefficient (Wildman–Crippen LogP) is 5.79. The zero-order chi connectivity index (χ0) is 25.2. The monoisotopic (exact) mass is 496 g/mol. The van der Waals surface area contributed by atoms with Crippen LogP contribution in [0.4, 0.5) is 5.69 Å². The van der Waals surface area contributed by atoms with Crippen LogP contribution in [0.25, 0.3) is 0 Å². The van der Waals surface area contributed by atoms with Gasteiger partial charge >= 0.3 is 0 Å². The number of amidine groups is 1. The van der Waals surface area contributed by atoms with E-state index in [9.17, 15) is 9.59 Å². The zero-order valence-corrected chi connectivity index (χ0v) is 21.4. The fraction of sp³-hybridized carbons (Fsp3) is 0.241. The van der Waals surface area contributed by atoms with Crippen LogP contribution < -0.4 is 5.32 Å². The van der Waals surface area contributed by atoms with Gasteiger partial charge in [0.05, 0.1) is 11.8 Å². The number of nitrogens with one attached hydrogen (secondary N) is 1. The Bertz CT molecular complexity index is 1350. The fourth-order valence-corrected chi connectivity index (χ4v) is 5.64. The first-order chi connectivity index (χ1) is 17.4. The Morgan fingerprint density at radius 1 is 0.972 bits per heavy atom. The molecule has 0 radical (unpaired) electrons. The smallest absolute Gasteiger partial charge is 0.262 e. The molecule has 3 aromatic rings. The first-order valence-corrected chi connectivity index (χ1v) is 12.9. The van der Waals surface area contributed by atoms with Gasteiger partial charge in [-0.15, -0.1) is 0 Å². The number of thioether (sulfide) groups is 1. The molecule has 0 saturated carbocycles. The number of carbonyl (C=O) groups is 2. The number of rotatable bonds is 5. The van der Waals surface area contributed by atoms with Crippen molar-refractivity contribution >= 4 is 40.1 Å². The normalized spacial score (nSPS) is 19.3. The third kappa shape index (κ3) is 5.26. The van der Waals surface area contributed by atoms with Gasteiger partial charge in [0.15, 0.2) is 5.17 Å². The third-order valence-electron chi connectivity index (χ3n) is 6.28. The number of hydrogen-bond donors (Lipinski definition) is 1. The first-order valence-electron chi connectivity index (χ1n) is 12.0. The number of anilines is 1. The summed E-state index contributed by atoms with van der Waals surface area (Å²) in [6, 6.07) is 24.3.